The zero-order chi connectivity index (χ0) is 11.8. The molecule has 0 unspecified atom stereocenters. The maximum absolute atomic E-state index is 11.7. The third-order valence-electron chi connectivity index (χ3n) is 2.03. The van der Waals surface area contributed by atoms with E-state index in [1.165, 1.54) is 0 Å². The predicted molar refractivity (Wildman–Crippen MR) is 64.3 cm³/mol. The number of aryl methyl sites for hydroxylation is 1. The quantitative estimate of drug-likeness (QED) is 0.604. The lowest BCUT2D eigenvalue weighted by molar-refractivity contribution is 0.0956. The summed E-state index contributed by atoms with van der Waals surface area (Å²) in [6, 6.07) is 0. The van der Waals surface area contributed by atoms with Crippen LogP contribution in [-0.2, 0) is 6.42 Å². The molecule has 0 aromatic carbocycles. The molecule has 0 fully saturated rings. The summed E-state index contributed by atoms with van der Waals surface area (Å²) in [7, 11) is 0. The largest absolute Gasteiger partial charge is 0.351 e. The standard InChI is InChI=1S/C11H15N3OS/c1-3-5-6-8-12-11(15)10-9(7-4-2)13-14-16-10/h1H,4-8H2,2H3,(H,12,15). The lowest BCUT2D eigenvalue weighted by Crippen LogP contribution is -2.24. The Hall–Kier alpha value is -1.41. The molecule has 0 atom stereocenters. The topological polar surface area (TPSA) is 54.9 Å². The van der Waals surface area contributed by atoms with E-state index in [1.807, 2.05) is 6.92 Å². The molecule has 0 aliphatic rings. The number of nitrogens with one attached hydrogen (secondary N) is 1. The van der Waals surface area contributed by atoms with E-state index in [9.17, 15) is 4.79 Å². The minimum absolute atomic E-state index is 0.0875. The molecular formula is C11H15N3OS. The average molecular weight is 237 g/mol. The zero-order valence-electron chi connectivity index (χ0n) is 9.32. The molecule has 1 rings (SSSR count). The lowest BCUT2D eigenvalue weighted by Gasteiger charge is -2.02. The Morgan fingerprint density at radius 3 is 3.12 bits per heavy atom. The van der Waals surface area contributed by atoms with E-state index < -0.39 is 0 Å². The van der Waals surface area contributed by atoms with Crippen LogP contribution in [0, 0.1) is 12.3 Å². The minimum atomic E-state index is -0.0875. The molecule has 0 aliphatic carbocycles. The maximum Gasteiger partial charge on any atom is 0.264 e. The van der Waals surface area contributed by atoms with Crippen LogP contribution < -0.4 is 5.32 Å². The molecule has 4 nitrogen and oxygen atoms in total. The number of nitrogens with zero attached hydrogens (tertiary/aromatic N) is 2. The number of hydrogen-bond donors (Lipinski definition) is 1. The van der Waals surface area contributed by atoms with Crippen molar-refractivity contribution in [1.29, 1.82) is 0 Å². The normalized spacial score (nSPS) is 9.75. The van der Waals surface area contributed by atoms with Gasteiger partial charge in [0.1, 0.15) is 4.88 Å². The van der Waals surface area contributed by atoms with Crippen molar-refractivity contribution in [3.63, 3.8) is 0 Å². The Kier molecular flexibility index (Phi) is 5.51. The summed E-state index contributed by atoms with van der Waals surface area (Å²) in [5.41, 5.74) is 0.793. The van der Waals surface area contributed by atoms with Gasteiger partial charge in [-0.25, -0.2) is 0 Å². The Bertz CT molecular complexity index is 381. The summed E-state index contributed by atoms with van der Waals surface area (Å²) >= 11 is 1.15. The van der Waals surface area contributed by atoms with Crippen molar-refractivity contribution < 1.29 is 4.79 Å². The summed E-state index contributed by atoms with van der Waals surface area (Å²) in [6.07, 6.45) is 8.37. The van der Waals surface area contributed by atoms with E-state index in [4.69, 9.17) is 6.42 Å². The second kappa shape index (κ2) is 6.96. The van der Waals surface area contributed by atoms with E-state index in [2.05, 4.69) is 20.8 Å². The van der Waals surface area contributed by atoms with Gasteiger partial charge in [0.2, 0.25) is 0 Å². The first kappa shape index (κ1) is 12.7. The average Bonchev–Trinajstić information content (AvgIpc) is 2.73. The number of aromatic nitrogens is 2. The molecule has 16 heavy (non-hydrogen) atoms. The molecule has 1 aromatic heterocycles. The van der Waals surface area contributed by atoms with Crippen LogP contribution in [0.25, 0.3) is 0 Å². The molecule has 0 spiro atoms. The van der Waals surface area contributed by atoms with Crippen LogP contribution in [0.4, 0.5) is 0 Å². The molecule has 5 heteroatoms. The van der Waals surface area contributed by atoms with Crippen LogP contribution in [0.3, 0.4) is 0 Å². The molecule has 0 saturated heterocycles. The first-order valence-corrected chi connectivity index (χ1v) is 6.09. The second-order valence-electron chi connectivity index (χ2n) is 3.36. The van der Waals surface area contributed by atoms with Gasteiger partial charge >= 0.3 is 0 Å². The summed E-state index contributed by atoms with van der Waals surface area (Å²) in [5, 5.41) is 6.76. The SMILES string of the molecule is C#CCCCNC(=O)c1snnc1CCC. The van der Waals surface area contributed by atoms with Gasteiger partial charge in [-0.1, -0.05) is 17.8 Å². The van der Waals surface area contributed by atoms with Crippen LogP contribution in [0.5, 0.6) is 0 Å². The van der Waals surface area contributed by atoms with Gasteiger partial charge in [0.05, 0.1) is 5.69 Å². The monoisotopic (exact) mass is 237 g/mol. The number of terminal acetylenes is 1. The molecule has 1 aromatic rings. The van der Waals surface area contributed by atoms with Gasteiger partial charge in [-0.2, -0.15) is 0 Å². The van der Waals surface area contributed by atoms with Gasteiger partial charge in [-0.15, -0.1) is 17.4 Å². The Balaban J connectivity index is 2.46. The summed E-state index contributed by atoms with van der Waals surface area (Å²) in [6.45, 7) is 2.65. The number of carbonyl (C=O) groups excluding carboxylic acids is 1. The van der Waals surface area contributed by atoms with Crippen LogP contribution in [0.1, 0.15) is 41.6 Å². The number of rotatable bonds is 6. The van der Waals surface area contributed by atoms with Gasteiger partial charge in [0.25, 0.3) is 5.91 Å². The van der Waals surface area contributed by atoms with Crippen molar-refractivity contribution in [1.82, 2.24) is 14.9 Å². The highest BCUT2D eigenvalue weighted by Crippen LogP contribution is 2.12. The predicted octanol–water partition coefficient (Wildman–Crippen LogP) is 1.63. The summed E-state index contributed by atoms with van der Waals surface area (Å²) in [4.78, 5) is 12.4. The molecule has 0 aliphatic heterocycles. The first-order chi connectivity index (χ1) is 7.79. The van der Waals surface area contributed by atoms with Crippen molar-refractivity contribution in [2.24, 2.45) is 0 Å². The van der Waals surface area contributed by atoms with Gasteiger partial charge < -0.3 is 5.32 Å². The van der Waals surface area contributed by atoms with E-state index >= 15 is 0 Å². The summed E-state index contributed by atoms with van der Waals surface area (Å²) < 4.78 is 3.80. The second-order valence-corrected chi connectivity index (χ2v) is 4.12. The van der Waals surface area contributed by atoms with E-state index in [0.717, 1.165) is 36.5 Å². The van der Waals surface area contributed by atoms with Gasteiger partial charge in [-0.05, 0) is 24.4 Å². The minimum Gasteiger partial charge on any atom is -0.351 e. The van der Waals surface area contributed by atoms with Crippen LogP contribution in [0.2, 0.25) is 0 Å². The van der Waals surface area contributed by atoms with Crippen molar-refractivity contribution in [2.75, 3.05) is 6.54 Å². The summed E-state index contributed by atoms with van der Waals surface area (Å²) in [5.74, 6) is 2.45. The van der Waals surface area contributed by atoms with Crippen LogP contribution in [0.15, 0.2) is 0 Å². The number of unbranched alkanes of at least 4 members (excludes halogenated alkanes) is 1. The molecule has 1 N–H and O–H groups in total. The number of hydrogen-bond acceptors (Lipinski definition) is 4. The van der Waals surface area contributed by atoms with Crippen LogP contribution >= 0.6 is 11.5 Å². The molecule has 86 valence electrons. The smallest absolute Gasteiger partial charge is 0.264 e. The van der Waals surface area contributed by atoms with Crippen molar-refractivity contribution in [2.45, 2.75) is 32.6 Å². The molecule has 1 amide bonds. The molecular weight excluding hydrogens is 222 g/mol. The highest BCUT2D eigenvalue weighted by atomic mass is 32.1. The third kappa shape index (κ3) is 3.63. The van der Waals surface area contributed by atoms with E-state index in [1.54, 1.807) is 0 Å². The fraction of sp³-hybridized carbons (Fsp3) is 0.545. The van der Waals surface area contributed by atoms with Gasteiger partial charge in [0.15, 0.2) is 0 Å². The van der Waals surface area contributed by atoms with Crippen molar-refractivity contribution >= 4 is 17.4 Å². The van der Waals surface area contributed by atoms with Crippen molar-refractivity contribution in [3.05, 3.63) is 10.6 Å². The molecule has 0 radical (unpaired) electrons. The zero-order valence-corrected chi connectivity index (χ0v) is 10.1. The van der Waals surface area contributed by atoms with Gasteiger partial charge in [-0.3, -0.25) is 4.79 Å². The molecule has 1 heterocycles. The van der Waals surface area contributed by atoms with Gasteiger partial charge in [0, 0.05) is 13.0 Å². The van der Waals surface area contributed by atoms with E-state index in [-0.39, 0.29) is 5.91 Å². The Morgan fingerprint density at radius 2 is 2.44 bits per heavy atom. The number of carbonyl (C=O) groups is 1. The van der Waals surface area contributed by atoms with Crippen molar-refractivity contribution in [3.8, 4) is 12.3 Å². The first-order valence-electron chi connectivity index (χ1n) is 5.32. The molecule has 0 saturated carbocycles. The molecule has 0 bridgehead atoms. The lowest BCUT2D eigenvalue weighted by atomic mass is 10.2. The van der Waals surface area contributed by atoms with E-state index in [0.29, 0.717) is 17.8 Å². The third-order valence-corrected chi connectivity index (χ3v) is 2.80. The maximum atomic E-state index is 11.7. The highest BCUT2D eigenvalue weighted by molar-refractivity contribution is 7.08. The highest BCUT2D eigenvalue weighted by Gasteiger charge is 2.14. The Labute approximate surface area is 99.6 Å². The Morgan fingerprint density at radius 1 is 1.62 bits per heavy atom. The number of amides is 1. The fourth-order valence-electron chi connectivity index (χ4n) is 1.25. The van der Waals surface area contributed by atoms with Crippen LogP contribution in [-0.4, -0.2) is 22.0 Å². The fourth-order valence-corrected chi connectivity index (χ4v) is 1.88.